The van der Waals surface area contributed by atoms with Crippen molar-refractivity contribution in [2.75, 3.05) is 0 Å². The van der Waals surface area contributed by atoms with Gasteiger partial charge in [0.2, 0.25) is 0 Å². The summed E-state index contributed by atoms with van der Waals surface area (Å²) in [7, 11) is -2.82. The van der Waals surface area contributed by atoms with Crippen LogP contribution in [0.4, 0.5) is 0 Å². The smallest absolute Gasteiger partial charge is 0.179 e. The minimum absolute atomic E-state index is 0.571. The molecule has 0 saturated carbocycles. The third kappa shape index (κ3) is 5.90. The fourth-order valence-corrected chi connectivity index (χ4v) is 13.3. The molecule has 0 fully saturated rings. The molecule has 8 aromatic carbocycles. The van der Waals surface area contributed by atoms with Crippen molar-refractivity contribution in [1.82, 2.24) is 19.5 Å². The molecule has 0 bridgehead atoms. The van der Waals surface area contributed by atoms with Crippen LogP contribution in [0.1, 0.15) is 5.56 Å². The van der Waals surface area contributed by atoms with Crippen LogP contribution in [0.15, 0.2) is 212 Å². The minimum Gasteiger partial charge on any atom is -0.309 e. The maximum atomic E-state index is 9.78. The van der Waals surface area contributed by atoms with Crippen LogP contribution >= 0.6 is 0 Å². The van der Waals surface area contributed by atoms with Gasteiger partial charge in [0.15, 0.2) is 25.5 Å². The molecule has 0 aliphatic heterocycles. The fraction of sp³-hybridized carbons (Fsp3) is 0. The summed E-state index contributed by atoms with van der Waals surface area (Å²) in [6, 6.07) is 76.6. The first-order valence-corrected chi connectivity index (χ1v) is 21.3. The molecule has 10 aromatic rings. The third-order valence-electron chi connectivity index (χ3n) is 11.0. The second-order valence-corrected chi connectivity index (χ2v) is 18.1. The Labute approximate surface area is 337 Å². The fourth-order valence-electron chi connectivity index (χ4n) is 8.46. The third-order valence-corrected chi connectivity index (χ3v) is 15.8. The van der Waals surface area contributed by atoms with E-state index in [0.29, 0.717) is 23.0 Å². The lowest BCUT2D eigenvalue weighted by Gasteiger charge is -2.34. The number of nitriles is 1. The largest absolute Gasteiger partial charge is 0.309 e. The molecule has 0 spiro atoms. The maximum absolute atomic E-state index is 9.78. The van der Waals surface area contributed by atoms with Gasteiger partial charge in [0.1, 0.15) is 0 Å². The first-order valence-electron chi connectivity index (χ1n) is 19.3. The summed E-state index contributed by atoms with van der Waals surface area (Å²) in [6.45, 7) is 0. The van der Waals surface area contributed by atoms with Crippen LogP contribution in [0.25, 0.3) is 61.7 Å². The van der Waals surface area contributed by atoms with Gasteiger partial charge >= 0.3 is 0 Å². The minimum atomic E-state index is -2.82. The van der Waals surface area contributed by atoms with Gasteiger partial charge in [0.25, 0.3) is 0 Å². The average Bonchev–Trinajstić information content (AvgIpc) is 3.64. The second kappa shape index (κ2) is 14.7. The van der Waals surface area contributed by atoms with E-state index in [1.54, 1.807) is 0 Å². The van der Waals surface area contributed by atoms with Crippen LogP contribution in [-0.2, 0) is 0 Å². The van der Waals surface area contributed by atoms with E-state index in [1.165, 1.54) is 20.7 Å². The highest BCUT2D eigenvalue weighted by molar-refractivity contribution is 7.19. The molecule has 0 aliphatic rings. The zero-order valence-corrected chi connectivity index (χ0v) is 32.4. The van der Waals surface area contributed by atoms with E-state index in [1.807, 2.05) is 66.7 Å². The number of aromatic nitrogens is 4. The molecule has 2 aromatic heterocycles. The molecular weight excluding hydrogens is 723 g/mol. The average molecular weight is 758 g/mol. The van der Waals surface area contributed by atoms with Gasteiger partial charge in [0.05, 0.1) is 28.4 Å². The molecular formula is C52H35N5Si. The molecule has 0 unspecified atom stereocenters. The predicted octanol–water partition coefficient (Wildman–Crippen LogP) is 9.22. The Kier molecular flexibility index (Phi) is 8.83. The Morgan fingerprint density at radius 2 is 0.897 bits per heavy atom. The lowest BCUT2D eigenvalue weighted by Crippen LogP contribution is -2.74. The molecule has 0 radical (unpaired) electrons. The molecule has 0 amide bonds. The highest BCUT2D eigenvalue weighted by Gasteiger charge is 2.41. The molecule has 5 nitrogen and oxygen atoms in total. The molecule has 272 valence electrons. The normalized spacial score (nSPS) is 11.4. The Bertz CT molecular complexity index is 3020. The van der Waals surface area contributed by atoms with Crippen molar-refractivity contribution < 1.29 is 0 Å². The van der Waals surface area contributed by atoms with Crippen molar-refractivity contribution in [1.29, 1.82) is 5.26 Å². The summed E-state index contributed by atoms with van der Waals surface area (Å²) in [5.41, 5.74) is 6.29. The van der Waals surface area contributed by atoms with Gasteiger partial charge in [0, 0.05) is 27.5 Å². The number of hydrogen-bond acceptors (Lipinski definition) is 4. The van der Waals surface area contributed by atoms with Crippen molar-refractivity contribution in [3.63, 3.8) is 0 Å². The Hall–Kier alpha value is -7.72. The van der Waals surface area contributed by atoms with Gasteiger partial charge in [-0.15, -0.1) is 0 Å². The van der Waals surface area contributed by atoms with E-state index >= 15 is 0 Å². The number of rotatable bonds is 8. The lowest BCUT2D eigenvalue weighted by atomic mass is 10.1. The van der Waals surface area contributed by atoms with E-state index < -0.39 is 8.07 Å². The second-order valence-electron chi connectivity index (χ2n) is 14.3. The summed E-state index contributed by atoms with van der Waals surface area (Å²) in [5, 5.41) is 17.0. The predicted molar refractivity (Wildman–Crippen MR) is 239 cm³/mol. The zero-order chi connectivity index (χ0) is 38.9. The first-order chi connectivity index (χ1) is 28.7. The molecule has 10 rings (SSSR count). The van der Waals surface area contributed by atoms with Gasteiger partial charge in [-0.2, -0.15) is 5.26 Å². The monoisotopic (exact) mass is 757 g/mol. The van der Waals surface area contributed by atoms with Crippen molar-refractivity contribution in [2.45, 2.75) is 0 Å². The van der Waals surface area contributed by atoms with E-state index in [9.17, 15) is 5.26 Å². The van der Waals surface area contributed by atoms with E-state index in [-0.39, 0.29) is 0 Å². The van der Waals surface area contributed by atoms with Crippen LogP contribution in [0, 0.1) is 11.3 Å². The Morgan fingerprint density at radius 3 is 1.55 bits per heavy atom. The summed E-state index contributed by atoms with van der Waals surface area (Å²) in [6.07, 6.45) is 0. The van der Waals surface area contributed by atoms with Crippen LogP contribution < -0.4 is 20.7 Å². The quantitative estimate of drug-likeness (QED) is 0.115. The van der Waals surface area contributed by atoms with Crippen LogP contribution in [0.2, 0.25) is 0 Å². The molecule has 0 N–H and O–H groups in total. The highest BCUT2D eigenvalue weighted by Crippen LogP contribution is 2.36. The van der Waals surface area contributed by atoms with Gasteiger partial charge in [-0.05, 0) is 57.1 Å². The molecule has 0 aliphatic carbocycles. The van der Waals surface area contributed by atoms with Crippen LogP contribution in [-0.4, -0.2) is 27.6 Å². The topological polar surface area (TPSA) is 67.4 Å². The molecule has 58 heavy (non-hydrogen) atoms. The number of nitrogens with zero attached hydrogens (tertiary/aromatic N) is 5. The van der Waals surface area contributed by atoms with Crippen molar-refractivity contribution in [3.05, 3.63) is 218 Å². The van der Waals surface area contributed by atoms with E-state index in [0.717, 1.165) is 44.2 Å². The Morgan fingerprint density at radius 1 is 0.397 bits per heavy atom. The van der Waals surface area contributed by atoms with Crippen LogP contribution in [0.5, 0.6) is 0 Å². The molecule has 2 heterocycles. The van der Waals surface area contributed by atoms with Crippen molar-refractivity contribution in [2.24, 2.45) is 0 Å². The van der Waals surface area contributed by atoms with Gasteiger partial charge in [-0.1, -0.05) is 176 Å². The maximum Gasteiger partial charge on any atom is 0.179 e. The standard InChI is InChI=1S/C52H35N5Si/c53-36-37-32-33-49-46(34-37)44-28-13-15-30-47(44)57(49)48-31-16-14-29-45(48)52-55-50(38-18-5-1-6-19-38)54-51(56-52)39-20-17-27-43(35-39)58(40-21-7-2-8-22-40,41-23-9-3-10-24-41)42-25-11-4-12-26-42/h1-35H. The lowest BCUT2D eigenvalue weighted by molar-refractivity contribution is 1.06. The van der Waals surface area contributed by atoms with Crippen molar-refractivity contribution >= 4 is 50.6 Å². The van der Waals surface area contributed by atoms with Crippen molar-refractivity contribution in [3.8, 4) is 45.9 Å². The van der Waals surface area contributed by atoms with Gasteiger partial charge < -0.3 is 4.57 Å². The molecule has 0 saturated heterocycles. The SMILES string of the molecule is N#Cc1ccc2c(c1)c1ccccc1n2-c1ccccc1-c1nc(-c2ccccc2)nc(-c2cccc([Si](c3ccccc3)(c3ccccc3)c3ccccc3)c2)n1. The van der Waals surface area contributed by atoms with E-state index in [2.05, 4.69) is 156 Å². The van der Waals surface area contributed by atoms with Gasteiger partial charge in [-0.3, -0.25) is 0 Å². The highest BCUT2D eigenvalue weighted by atomic mass is 28.3. The molecule has 0 atom stereocenters. The summed E-state index contributed by atoms with van der Waals surface area (Å²) in [4.78, 5) is 15.7. The summed E-state index contributed by atoms with van der Waals surface area (Å²) in [5.74, 6) is 1.76. The van der Waals surface area contributed by atoms with E-state index in [4.69, 9.17) is 15.0 Å². The summed E-state index contributed by atoms with van der Waals surface area (Å²) < 4.78 is 2.26. The summed E-state index contributed by atoms with van der Waals surface area (Å²) >= 11 is 0. The Balaban J connectivity index is 1.22. The zero-order valence-electron chi connectivity index (χ0n) is 31.4. The number of para-hydroxylation sites is 2. The molecule has 6 heteroatoms. The van der Waals surface area contributed by atoms with Gasteiger partial charge in [-0.25, -0.2) is 15.0 Å². The first kappa shape index (κ1) is 34.7. The number of hydrogen-bond donors (Lipinski definition) is 0. The number of benzene rings is 8. The van der Waals surface area contributed by atoms with Crippen LogP contribution in [0.3, 0.4) is 0 Å². The number of fused-ring (bicyclic) bond motifs is 3.